The lowest BCUT2D eigenvalue weighted by Crippen LogP contribution is -2.32. The Kier molecular flexibility index (Phi) is 4.58. The average Bonchev–Trinajstić information content (AvgIpc) is 2.30. The summed E-state index contributed by atoms with van der Waals surface area (Å²) >= 11 is 0. The molecule has 0 aromatic carbocycles. The molecule has 0 unspecified atom stereocenters. The molecule has 1 fully saturated rings. The van der Waals surface area contributed by atoms with Gasteiger partial charge < -0.3 is 15.2 Å². The SMILES string of the molecule is Cc1cc(OC(C)C)nc(OC2CCC(N)CC2)n1. The fourth-order valence-corrected chi connectivity index (χ4v) is 2.22. The Labute approximate surface area is 114 Å². The van der Waals surface area contributed by atoms with E-state index < -0.39 is 0 Å². The van der Waals surface area contributed by atoms with E-state index in [0.717, 1.165) is 31.4 Å². The van der Waals surface area contributed by atoms with Crippen LogP contribution in [0.25, 0.3) is 0 Å². The second kappa shape index (κ2) is 6.19. The van der Waals surface area contributed by atoms with Gasteiger partial charge in [0.1, 0.15) is 6.10 Å². The number of nitrogens with zero attached hydrogens (tertiary/aromatic N) is 2. The largest absolute Gasteiger partial charge is 0.475 e. The fraction of sp³-hybridized carbons (Fsp3) is 0.714. The molecular weight excluding hydrogens is 242 g/mol. The highest BCUT2D eigenvalue weighted by atomic mass is 16.5. The summed E-state index contributed by atoms with van der Waals surface area (Å²) in [6, 6.07) is 2.55. The van der Waals surface area contributed by atoms with Crippen LogP contribution in [0.5, 0.6) is 11.9 Å². The summed E-state index contributed by atoms with van der Waals surface area (Å²) in [5.74, 6) is 0.574. The molecule has 0 atom stereocenters. The maximum absolute atomic E-state index is 5.89. The van der Waals surface area contributed by atoms with Crippen molar-refractivity contribution >= 4 is 0 Å². The Hall–Kier alpha value is -1.36. The van der Waals surface area contributed by atoms with Gasteiger partial charge in [0.15, 0.2) is 0 Å². The molecule has 0 amide bonds. The van der Waals surface area contributed by atoms with Crippen LogP contribution in [0.15, 0.2) is 6.07 Å². The Bertz CT molecular complexity index is 415. The number of aromatic nitrogens is 2. The van der Waals surface area contributed by atoms with Crippen LogP contribution in [0, 0.1) is 6.92 Å². The van der Waals surface area contributed by atoms with Crippen molar-refractivity contribution in [3.05, 3.63) is 11.8 Å². The fourth-order valence-electron chi connectivity index (χ4n) is 2.22. The summed E-state index contributed by atoms with van der Waals surface area (Å²) in [7, 11) is 0. The monoisotopic (exact) mass is 265 g/mol. The molecule has 1 aromatic rings. The molecule has 1 aliphatic carbocycles. The lowest BCUT2D eigenvalue weighted by Gasteiger charge is -2.26. The minimum atomic E-state index is 0.0924. The van der Waals surface area contributed by atoms with Gasteiger partial charge in [-0.05, 0) is 46.5 Å². The van der Waals surface area contributed by atoms with Gasteiger partial charge in [-0.2, -0.15) is 4.98 Å². The summed E-state index contributed by atoms with van der Waals surface area (Å²) in [6.07, 6.45) is 4.22. The third-order valence-electron chi connectivity index (χ3n) is 3.16. The number of ether oxygens (including phenoxy) is 2. The predicted octanol–water partition coefficient (Wildman–Crippen LogP) is 2.22. The molecule has 5 heteroatoms. The van der Waals surface area contributed by atoms with Crippen LogP contribution in [0.3, 0.4) is 0 Å². The molecule has 0 spiro atoms. The third kappa shape index (κ3) is 4.35. The minimum absolute atomic E-state index is 0.0924. The quantitative estimate of drug-likeness (QED) is 0.904. The second-order valence-corrected chi connectivity index (χ2v) is 5.45. The van der Waals surface area contributed by atoms with Crippen molar-refractivity contribution in [3.8, 4) is 11.9 Å². The van der Waals surface area contributed by atoms with E-state index in [1.807, 2.05) is 26.8 Å². The highest BCUT2D eigenvalue weighted by Gasteiger charge is 2.21. The number of hydrogen-bond donors (Lipinski definition) is 1. The van der Waals surface area contributed by atoms with E-state index in [1.54, 1.807) is 0 Å². The summed E-state index contributed by atoms with van der Waals surface area (Å²) in [4.78, 5) is 8.61. The maximum atomic E-state index is 5.89. The zero-order valence-electron chi connectivity index (χ0n) is 11.9. The zero-order chi connectivity index (χ0) is 13.8. The van der Waals surface area contributed by atoms with Gasteiger partial charge in [0.05, 0.1) is 6.10 Å². The van der Waals surface area contributed by atoms with E-state index in [1.165, 1.54) is 0 Å². The van der Waals surface area contributed by atoms with Crippen molar-refractivity contribution in [1.29, 1.82) is 0 Å². The van der Waals surface area contributed by atoms with Crippen LogP contribution in [0.4, 0.5) is 0 Å². The first-order valence-electron chi connectivity index (χ1n) is 6.97. The lowest BCUT2D eigenvalue weighted by atomic mass is 9.94. The molecular formula is C14H23N3O2. The second-order valence-electron chi connectivity index (χ2n) is 5.45. The number of rotatable bonds is 4. The molecule has 5 nitrogen and oxygen atoms in total. The van der Waals surface area contributed by atoms with Crippen LogP contribution in [0.1, 0.15) is 45.2 Å². The molecule has 106 valence electrons. The smallest absolute Gasteiger partial charge is 0.320 e. The van der Waals surface area contributed by atoms with Crippen molar-refractivity contribution < 1.29 is 9.47 Å². The van der Waals surface area contributed by atoms with Crippen molar-refractivity contribution in [2.45, 2.75) is 64.7 Å². The van der Waals surface area contributed by atoms with Gasteiger partial charge in [-0.3, -0.25) is 0 Å². The molecule has 2 rings (SSSR count). The van der Waals surface area contributed by atoms with Crippen molar-refractivity contribution in [2.75, 3.05) is 0 Å². The molecule has 19 heavy (non-hydrogen) atoms. The van der Waals surface area contributed by atoms with Crippen LogP contribution < -0.4 is 15.2 Å². The van der Waals surface area contributed by atoms with Gasteiger partial charge in [0.25, 0.3) is 0 Å². The average molecular weight is 265 g/mol. The predicted molar refractivity (Wildman–Crippen MR) is 73.4 cm³/mol. The van der Waals surface area contributed by atoms with Crippen molar-refractivity contribution in [3.63, 3.8) is 0 Å². The molecule has 0 bridgehead atoms. The van der Waals surface area contributed by atoms with E-state index >= 15 is 0 Å². The molecule has 0 radical (unpaired) electrons. The molecule has 1 aliphatic rings. The molecule has 2 N–H and O–H groups in total. The Morgan fingerprint density at radius 1 is 1.21 bits per heavy atom. The zero-order valence-corrected chi connectivity index (χ0v) is 11.9. The number of nitrogens with two attached hydrogens (primary N) is 1. The first kappa shape index (κ1) is 14.1. The first-order valence-corrected chi connectivity index (χ1v) is 6.97. The Morgan fingerprint density at radius 2 is 1.89 bits per heavy atom. The van der Waals surface area contributed by atoms with Crippen molar-refractivity contribution in [1.82, 2.24) is 9.97 Å². The normalized spacial score (nSPS) is 23.4. The van der Waals surface area contributed by atoms with Crippen molar-refractivity contribution in [2.24, 2.45) is 5.73 Å². The van der Waals surface area contributed by atoms with Gasteiger partial charge in [-0.15, -0.1) is 0 Å². The number of hydrogen-bond acceptors (Lipinski definition) is 5. The summed E-state index contributed by atoms with van der Waals surface area (Å²) in [5, 5.41) is 0. The molecule has 0 aliphatic heterocycles. The van der Waals surface area contributed by atoms with Crippen LogP contribution in [0.2, 0.25) is 0 Å². The Balaban J connectivity index is 2.01. The Morgan fingerprint density at radius 3 is 2.53 bits per heavy atom. The van der Waals surface area contributed by atoms with E-state index in [0.29, 0.717) is 17.9 Å². The highest BCUT2D eigenvalue weighted by Crippen LogP contribution is 2.22. The summed E-state index contributed by atoms with van der Waals surface area (Å²) < 4.78 is 11.4. The first-order chi connectivity index (χ1) is 9.02. The van der Waals surface area contributed by atoms with Gasteiger partial charge in [-0.25, -0.2) is 4.98 Å². The van der Waals surface area contributed by atoms with Gasteiger partial charge in [-0.1, -0.05) is 0 Å². The van der Waals surface area contributed by atoms with Crippen LogP contribution >= 0.6 is 0 Å². The van der Waals surface area contributed by atoms with Gasteiger partial charge in [0.2, 0.25) is 5.88 Å². The molecule has 1 heterocycles. The van der Waals surface area contributed by atoms with Crippen LogP contribution in [-0.2, 0) is 0 Å². The van der Waals surface area contributed by atoms with Gasteiger partial charge >= 0.3 is 6.01 Å². The molecule has 0 saturated heterocycles. The maximum Gasteiger partial charge on any atom is 0.320 e. The standard InChI is InChI=1S/C14H23N3O2/c1-9(2)18-13-8-10(3)16-14(17-13)19-12-6-4-11(15)5-7-12/h8-9,11-12H,4-7,15H2,1-3H3. The topological polar surface area (TPSA) is 70.3 Å². The van der Waals surface area contributed by atoms with Crippen LogP contribution in [-0.4, -0.2) is 28.2 Å². The summed E-state index contributed by atoms with van der Waals surface area (Å²) in [5.41, 5.74) is 6.74. The third-order valence-corrected chi connectivity index (χ3v) is 3.16. The van der Waals surface area contributed by atoms with E-state index in [9.17, 15) is 0 Å². The number of aryl methyl sites for hydroxylation is 1. The van der Waals surface area contributed by atoms with Gasteiger partial charge in [0, 0.05) is 17.8 Å². The van der Waals surface area contributed by atoms with E-state index in [-0.39, 0.29) is 12.2 Å². The van der Waals surface area contributed by atoms with E-state index in [4.69, 9.17) is 15.2 Å². The summed E-state index contributed by atoms with van der Waals surface area (Å²) in [6.45, 7) is 5.86. The van der Waals surface area contributed by atoms with E-state index in [2.05, 4.69) is 9.97 Å². The highest BCUT2D eigenvalue weighted by molar-refractivity contribution is 5.18. The molecule has 1 aromatic heterocycles. The molecule has 1 saturated carbocycles. The minimum Gasteiger partial charge on any atom is -0.475 e. The lowest BCUT2D eigenvalue weighted by molar-refractivity contribution is 0.131.